The van der Waals surface area contributed by atoms with E-state index in [9.17, 15) is 4.79 Å². The van der Waals surface area contributed by atoms with Crippen LogP contribution in [0.5, 0.6) is 0 Å². The molecule has 17 heavy (non-hydrogen) atoms. The molecule has 2 aromatic rings. The summed E-state index contributed by atoms with van der Waals surface area (Å²) < 4.78 is 0.634. The van der Waals surface area contributed by atoms with Crippen molar-refractivity contribution in [3.05, 3.63) is 38.5 Å². The lowest BCUT2D eigenvalue weighted by atomic mass is 10.1. The van der Waals surface area contributed by atoms with Gasteiger partial charge in [-0.05, 0) is 41.4 Å². The van der Waals surface area contributed by atoms with Crippen LogP contribution in [0.15, 0.2) is 22.1 Å². The zero-order valence-electron chi connectivity index (χ0n) is 9.18. The van der Waals surface area contributed by atoms with Gasteiger partial charge < -0.3 is 0 Å². The first kappa shape index (κ1) is 12.3. The highest BCUT2D eigenvalue weighted by atomic mass is 79.9. The van der Waals surface area contributed by atoms with Crippen LogP contribution in [0.1, 0.15) is 27.6 Å². The summed E-state index contributed by atoms with van der Waals surface area (Å²) in [6.45, 7) is 1.94. The van der Waals surface area contributed by atoms with Gasteiger partial charge in [0.1, 0.15) is 0 Å². The second kappa shape index (κ2) is 5.46. The van der Waals surface area contributed by atoms with Crippen molar-refractivity contribution in [1.82, 2.24) is 15.2 Å². The maximum Gasteiger partial charge on any atom is 0.193 e. The Morgan fingerprint density at radius 1 is 1.41 bits per heavy atom. The number of pyridine rings is 1. The van der Waals surface area contributed by atoms with E-state index in [1.807, 2.05) is 25.1 Å². The Labute approximate surface area is 111 Å². The lowest BCUT2D eigenvalue weighted by Crippen LogP contribution is -2.02. The molecule has 0 radical (unpaired) electrons. The van der Waals surface area contributed by atoms with Crippen LogP contribution >= 0.6 is 27.3 Å². The number of aromatic nitrogens is 3. The normalized spacial score (nSPS) is 10.5. The van der Waals surface area contributed by atoms with E-state index >= 15 is 0 Å². The SMILES string of the molecule is Cc1cccc(CCC(=O)c2nnc(Br)s2)n1. The number of aryl methyl sites for hydroxylation is 2. The fourth-order valence-electron chi connectivity index (χ4n) is 1.41. The molecule has 0 aromatic carbocycles. The predicted octanol–water partition coefficient (Wildman–Crippen LogP) is 2.82. The zero-order chi connectivity index (χ0) is 12.3. The fraction of sp³-hybridized carbons (Fsp3) is 0.273. The minimum absolute atomic E-state index is 0.0107. The van der Waals surface area contributed by atoms with Crippen LogP contribution in [0.3, 0.4) is 0 Å². The van der Waals surface area contributed by atoms with Crippen LogP contribution < -0.4 is 0 Å². The molecule has 0 saturated carbocycles. The van der Waals surface area contributed by atoms with Gasteiger partial charge in [0.05, 0.1) is 0 Å². The van der Waals surface area contributed by atoms with Crippen LogP contribution in [0.25, 0.3) is 0 Å². The van der Waals surface area contributed by atoms with Crippen molar-refractivity contribution in [2.24, 2.45) is 0 Å². The van der Waals surface area contributed by atoms with Gasteiger partial charge in [0.2, 0.25) is 0 Å². The van der Waals surface area contributed by atoms with E-state index in [0.717, 1.165) is 11.4 Å². The summed E-state index contributed by atoms with van der Waals surface area (Å²) in [7, 11) is 0. The summed E-state index contributed by atoms with van der Waals surface area (Å²) in [5.74, 6) is 0.0107. The van der Waals surface area contributed by atoms with Crippen molar-refractivity contribution in [1.29, 1.82) is 0 Å². The molecule has 0 fully saturated rings. The maximum atomic E-state index is 11.8. The molecule has 0 saturated heterocycles. The highest BCUT2D eigenvalue weighted by molar-refractivity contribution is 9.11. The lowest BCUT2D eigenvalue weighted by molar-refractivity contribution is 0.0981. The summed E-state index contributed by atoms with van der Waals surface area (Å²) in [6, 6.07) is 5.81. The average molecular weight is 312 g/mol. The van der Waals surface area contributed by atoms with Crippen LogP contribution in [0.4, 0.5) is 0 Å². The van der Waals surface area contributed by atoms with Gasteiger partial charge in [0.15, 0.2) is 14.7 Å². The quantitative estimate of drug-likeness (QED) is 0.815. The Balaban J connectivity index is 1.97. The number of ketones is 1. The first-order valence-electron chi connectivity index (χ1n) is 5.10. The number of nitrogens with zero attached hydrogens (tertiary/aromatic N) is 3. The second-order valence-corrected chi connectivity index (χ2v) is 5.81. The van der Waals surface area contributed by atoms with Gasteiger partial charge in [0.25, 0.3) is 0 Å². The molecule has 0 aliphatic carbocycles. The molecule has 4 nitrogen and oxygen atoms in total. The van der Waals surface area contributed by atoms with Crippen LogP contribution in [0.2, 0.25) is 0 Å². The van der Waals surface area contributed by atoms with Crippen LogP contribution in [-0.2, 0) is 6.42 Å². The number of hydrogen-bond acceptors (Lipinski definition) is 5. The molecule has 2 aromatic heterocycles. The first-order valence-corrected chi connectivity index (χ1v) is 6.71. The van der Waals surface area contributed by atoms with Crippen molar-refractivity contribution in [2.45, 2.75) is 19.8 Å². The monoisotopic (exact) mass is 311 g/mol. The Morgan fingerprint density at radius 2 is 2.24 bits per heavy atom. The summed E-state index contributed by atoms with van der Waals surface area (Å²) in [5, 5.41) is 8.00. The highest BCUT2D eigenvalue weighted by Crippen LogP contribution is 2.17. The molecule has 0 atom stereocenters. The van der Waals surface area contributed by atoms with E-state index in [2.05, 4.69) is 31.1 Å². The molecule has 0 spiro atoms. The summed E-state index contributed by atoms with van der Waals surface area (Å²) in [5.41, 5.74) is 1.90. The number of rotatable bonds is 4. The molecule has 6 heteroatoms. The predicted molar refractivity (Wildman–Crippen MR) is 69.2 cm³/mol. The summed E-state index contributed by atoms with van der Waals surface area (Å²) in [6.07, 6.45) is 1.05. The third kappa shape index (κ3) is 3.41. The first-order chi connectivity index (χ1) is 8.15. The summed E-state index contributed by atoms with van der Waals surface area (Å²) in [4.78, 5) is 16.1. The molecular weight excluding hydrogens is 302 g/mol. The highest BCUT2D eigenvalue weighted by Gasteiger charge is 2.12. The number of Topliss-reactive ketones (excluding diaryl/α,β-unsaturated/α-hetero) is 1. The molecule has 0 aliphatic rings. The van der Waals surface area contributed by atoms with Crippen LogP contribution in [-0.4, -0.2) is 21.0 Å². The topological polar surface area (TPSA) is 55.7 Å². The van der Waals surface area contributed by atoms with Gasteiger partial charge in [-0.2, -0.15) is 0 Å². The van der Waals surface area contributed by atoms with Gasteiger partial charge in [-0.15, -0.1) is 10.2 Å². The van der Waals surface area contributed by atoms with Gasteiger partial charge in [-0.3, -0.25) is 9.78 Å². The molecule has 2 rings (SSSR count). The number of carbonyl (C=O) groups excluding carboxylic acids is 1. The van der Waals surface area contributed by atoms with Gasteiger partial charge in [0, 0.05) is 17.8 Å². The molecule has 0 unspecified atom stereocenters. The molecular formula is C11H10BrN3OS. The molecule has 0 bridgehead atoms. The van der Waals surface area contributed by atoms with Gasteiger partial charge >= 0.3 is 0 Å². The van der Waals surface area contributed by atoms with Gasteiger partial charge in [-0.25, -0.2) is 0 Å². The summed E-state index contributed by atoms with van der Waals surface area (Å²) >= 11 is 4.44. The van der Waals surface area contributed by atoms with Crippen molar-refractivity contribution in [3.63, 3.8) is 0 Å². The Bertz CT molecular complexity index is 541. The third-order valence-electron chi connectivity index (χ3n) is 2.19. The Hall–Kier alpha value is -1.14. The minimum Gasteiger partial charge on any atom is -0.291 e. The van der Waals surface area contributed by atoms with Crippen LogP contribution in [0, 0.1) is 6.92 Å². The van der Waals surface area contributed by atoms with Gasteiger partial charge in [-0.1, -0.05) is 17.4 Å². The van der Waals surface area contributed by atoms with Crippen molar-refractivity contribution in [2.75, 3.05) is 0 Å². The van der Waals surface area contributed by atoms with Crippen molar-refractivity contribution in [3.8, 4) is 0 Å². The lowest BCUT2D eigenvalue weighted by Gasteiger charge is -1.99. The molecule has 2 heterocycles. The smallest absolute Gasteiger partial charge is 0.193 e. The Kier molecular flexibility index (Phi) is 3.96. The number of hydrogen-bond donors (Lipinski definition) is 0. The largest absolute Gasteiger partial charge is 0.291 e. The van der Waals surface area contributed by atoms with E-state index < -0.39 is 0 Å². The molecule has 88 valence electrons. The maximum absolute atomic E-state index is 11.8. The molecule has 0 aliphatic heterocycles. The van der Waals surface area contributed by atoms with E-state index in [1.54, 1.807) is 0 Å². The van der Waals surface area contributed by atoms with E-state index in [4.69, 9.17) is 0 Å². The van der Waals surface area contributed by atoms with E-state index in [-0.39, 0.29) is 5.78 Å². The van der Waals surface area contributed by atoms with Crippen molar-refractivity contribution < 1.29 is 4.79 Å². The minimum atomic E-state index is 0.0107. The number of carbonyl (C=O) groups is 1. The van der Waals surface area contributed by atoms with Crippen molar-refractivity contribution >= 4 is 33.0 Å². The standard InChI is InChI=1S/C11H10BrN3OS/c1-7-3-2-4-8(13-7)5-6-9(16)10-14-15-11(12)17-10/h2-4H,5-6H2,1H3. The van der Waals surface area contributed by atoms with E-state index in [1.165, 1.54) is 11.3 Å². The zero-order valence-corrected chi connectivity index (χ0v) is 11.6. The molecule has 0 amide bonds. The fourth-order valence-corrected chi connectivity index (χ4v) is 2.48. The second-order valence-electron chi connectivity index (χ2n) is 3.55. The average Bonchev–Trinajstić information content (AvgIpc) is 2.73. The van der Waals surface area contributed by atoms with E-state index in [0.29, 0.717) is 21.8 Å². The molecule has 0 N–H and O–H groups in total. The Morgan fingerprint density at radius 3 is 2.88 bits per heavy atom. The number of halogens is 1. The third-order valence-corrected chi connectivity index (χ3v) is 3.59.